The van der Waals surface area contributed by atoms with Gasteiger partial charge >= 0.3 is 0 Å². The van der Waals surface area contributed by atoms with E-state index in [1.807, 2.05) is 0 Å². The van der Waals surface area contributed by atoms with Crippen LogP contribution in [0.2, 0.25) is 0 Å². The number of rotatable bonds is 2. The van der Waals surface area contributed by atoms with Crippen molar-refractivity contribution in [3.05, 3.63) is 171 Å². The normalized spacial score (nSPS) is 19.9. The van der Waals surface area contributed by atoms with Crippen LogP contribution in [0.5, 0.6) is 0 Å². The van der Waals surface area contributed by atoms with Crippen LogP contribution in [0.1, 0.15) is 158 Å². The number of anilines is 6. The van der Waals surface area contributed by atoms with E-state index in [4.69, 9.17) is 4.42 Å². The molecule has 13 rings (SSSR count). The average molecular weight is 903 g/mol. The molecule has 3 aliphatic carbocycles. The van der Waals surface area contributed by atoms with Crippen LogP contribution in [-0.2, 0) is 32.5 Å². The Morgan fingerprint density at radius 2 is 0.899 bits per heavy atom. The van der Waals surface area contributed by atoms with Gasteiger partial charge in [0, 0.05) is 44.7 Å². The molecular formula is C65H67BN2O. The molecule has 346 valence electrons. The molecule has 0 amide bonds. The van der Waals surface area contributed by atoms with Gasteiger partial charge in [0.1, 0.15) is 11.2 Å². The Balaban J connectivity index is 1.19. The largest absolute Gasteiger partial charge is 0.456 e. The standard InChI is InChI=1S/C65H67BN2O/c1-37-28-54-59-55(29-37)68(51-33-44-42(30-38(51)2)60(3,4)26-27-61(44,5)6)52-34-45-43(62(7,8)36-63(45,9)10)31-48(52)66(59)49-32-46-47(65(13,14)41-22-17-16-21-40(41)64(46,11)12)35-53(49)67(54)50-23-19-25-57-58(50)39-20-15-18-24-56(39)69-57/h15-25,28-35H,26-27,36H2,1-14H3. The molecule has 0 fully saturated rings. The molecule has 1 aromatic heterocycles. The van der Waals surface area contributed by atoms with Crippen molar-refractivity contribution in [2.24, 2.45) is 0 Å². The van der Waals surface area contributed by atoms with E-state index in [9.17, 15) is 0 Å². The lowest BCUT2D eigenvalue weighted by molar-refractivity contribution is 0.332. The van der Waals surface area contributed by atoms with E-state index in [2.05, 4.69) is 222 Å². The summed E-state index contributed by atoms with van der Waals surface area (Å²) in [5.41, 5.74) is 27.6. The van der Waals surface area contributed by atoms with Gasteiger partial charge in [0.2, 0.25) is 0 Å². The van der Waals surface area contributed by atoms with Gasteiger partial charge in [-0.05, 0) is 175 Å². The van der Waals surface area contributed by atoms with Crippen molar-refractivity contribution in [2.75, 3.05) is 9.80 Å². The fraction of sp³-hybridized carbons (Fsp3) is 0.354. The third-order valence-corrected chi connectivity index (χ3v) is 18.5. The van der Waals surface area contributed by atoms with Crippen molar-refractivity contribution in [1.29, 1.82) is 0 Å². The van der Waals surface area contributed by atoms with Gasteiger partial charge in [-0.2, -0.15) is 0 Å². The van der Waals surface area contributed by atoms with Crippen molar-refractivity contribution in [3.8, 4) is 0 Å². The Bertz CT molecular complexity index is 3590. The highest BCUT2D eigenvalue weighted by molar-refractivity contribution is 7.00. The molecule has 4 heteroatoms. The lowest BCUT2D eigenvalue weighted by Crippen LogP contribution is -2.62. The summed E-state index contributed by atoms with van der Waals surface area (Å²) in [5.74, 6) is 0. The number of benzene rings is 7. The first-order chi connectivity index (χ1) is 32.5. The smallest absolute Gasteiger partial charge is 0.252 e. The van der Waals surface area contributed by atoms with E-state index in [1.165, 1.54) is 113 Å². The van der Waals surface area contributed by atoms with Gasteiger partial charge in [0.25, 0.3) is 6.71 Å². The Kier molecular flexibility index (Phi) is 8.39. The second kappa shape index (κ2) is 13.4. The predicted molar refractivity (Wildman–Crippen MR) is 294 cm³/mol. The molecule has 0 N–H and O–H groups in total. The summed E-state index contributed by atoms with van der Waals surface area (Å²) in [6, 6.07) is 45.4. The molecule has 2 aliphatic heterocycles. The van der Waals surface area contributed by atoms with E-state index < -0.39 is 0 Å². The van der Waals surface area contributed by atoms with Crippen LogP contribution in [0, 0.1) is 13.8 Å². The topological polar surface area (TPSA) is 19.6 Å². The average Bonchev–Trinajstić information content (AvgIpc) is 3.76. The number of furan rings is 1. The molecule has 3 heterocycles. The minimum absolute atomic E-state index is 0.00657. The maximum absolute atomic E-state index is 6.71. The molecule has 7 aromatic carbocycles. The molecule has 0 radical (unpaired) electrons. The van der Waals surface area contributed by atoms with Crippen molar-refractivity contribution >= 4 is 79.2 Å². The second-order valence-corrected chi connectivity index (χ2v) is 25.7. The van der Waals surface area contributed by atoms with Gasteiger partial charge in [-0.1, -0.05) is 150 Å². The predicted octanol–water partition coefficient (Wildman–Crippen LogP) is 15.6. The van der Waals surface area contributed by atoms with Gasteiger partial charge in [-0.25, -0.2) is 0 Å². The van der Waals surface area contributed by atoms with Crippen molar-refractivity contribution < 1.29 is 4.42 Å². The minimum Gasteiger partial charge on any atom is -0.456 e. The van der Waals surface area contributed by atoms with Gasteiger partial charge in [0.05, 0.1) is 11.1 Å². The highest BCUT2D eigenvalue weighted by atomic mass is 16.3. The van der Waals surface area contributed by atoms with Crippen LogP contribution >= 0.6 is 0 Å². The highest BCUT2D eigenvalue weighted by Gasteiger charge is 2.51. The minimum atomic E-state index is -0.224. The zero-order valence-corrected chi connectivity index (χ0v) is 43.5. The summed E-state index contributed by atoms with van der Waals surface area (Å²) >= 11 is 0. The maximum atomic E-state index is 6.71. The first-order valence-electron chi connectivity index (χ1n) is 25.8. The number of hydrogen-bond acceptors (Lipinski definition) is 3. The molecule has 0 atom stereocenters. The first kappa shape index (κ1) is 43.1. The summed E-state index contributed by atoms with van der Waals surface area (Å²) < 4.78 is 6.71. The third kappa shape index (κ3) is 5.64. The molecular weight excluding hydrogens is 836 g/mol. The van der Waals surface area contributed by atoms with Crippen LogP contribution < -0.4 is 26.2 Å². The van der Waals surface area contributed by atoms with E-state index >= 15 is 0 Å². The molecule has 0 saturated carbocycles. The van der Waals surface area contributed by atoms with E-state index in [0.717, 1.165) is 34.0 Å². The fourth-order valence-electron chi connectivity index (χ4n) is 14.9. The first-order valence-corrected chi connectivity index (χ1v) is 25.8. The van der Waals surface area contributed by atoms with Crippen molar-refractivity contribution in [1.82, 2.24) is 0 Å². The van der Waals surface area contributed by atoms with Crippen molar-refractivity contribution in [3.63, 3.8) is 0 Å². The zero-order chi connectivity index (χ0) is 48.3. The van der Waals surface area contributed by atoms with Crippen LogP contribution in [0.15, 0.2) is 120 Å². The molecule has 0 unspecified atom stereocenters. The van der Waals surface area contributed by atoms with Gasteiger partial charge in [0.15, 0.2) is 0 Å². The summed E-state index contributed by atoms with van der Waals surface area (Å²) in [5, 5.41) is 2.30. The van der Waals surface area contributed by atoms with Crippen LogP contribution in [0.25, 0.3) is 21.9 Å². The monoisotopic (exact) mass is 903 g/mol. The molecule has 0 saturated heterocycles. The highest BCUT2D eigenvalue weighted by Crippen LogP contribution is 2.57. The Labute approximate surface area is 411 Å². The van der Waals surface area contributed by atoms with Crippen LogP contribution in [0.3, 0.4) is 0 Å². The second-order valence-electron chi connectivity index (χ2n) is 25.7. The SMILES string of the molecule is Cc1cc2c3c(c1)N(c1cccc4oc5ccccc5c14)c1cc4c(cc1B3c1cc3c(cc1N2c1cc2c(cc1C)C(C)(C)CCC2(C)C)C(C)(C)CC3(C)C)C(C)(C)c1ccccc1C4(C)C. The maximum Gasteiger partial charge on any atom is 0.252 e. The van der Waals surface area contributed by atoms with Gasteiger partial charge in [-0.3, -0.25) is 0 Å². The zero-order valence-electron chi connectivity index (χ0n) is 43.5. The number of aryl methyl sites for hydroxylation is 2. The Hall–Kier alpha value is -6.00. The lowest BCUT2D eigenvalue weighted by atomic mass is 9.32. The Morgan fingerprint density at radius 3 is 1.54 bits per heavy atom. The van der Waals surface area contributed by atoms with Gasteiger partial charge in [-0.15, -0.1) is 0 Å². The third-order valence-electron chi connectivity index (χ3n) is 18.5. The lowest BCUT2D eigenvalue weighted by Gasteiger charge is -2.49. The Morgan fingerprint density at radius 1 is 0.420 bits per heavy atom. The molecule has 0 bridgehead atoms. The summed E-state index contributed by atoms with van der Waals surface area (Å²) in [6.45, 7) is 34.3. The van der Waals surface area contributed by atoms with E-state index in [-0.39, 0.29) is 39.2 Å². The molecule has 3 nitrogen and oxygen atoms in total. The van der Waals surface area contributed by atoms with Crippen LogP contribution in [0.4, 0.5) is 34.1 Å². The molecule has 5 aliphatic rings. The van der Waals surface area contributed by atoms with Crippen LogP contribution in [-0.4, -0.2) is 6.71 Å². The van der Waals surface area contributed by atoms with Crippen molar-refractivity contribution in [2.45, 2.75) is 149 Å². The molecule has 69 heavy (non-hydrogen) atoms. The molecule has 0 spiro atoms. The fourth-order valence-corrected chi connectivity index (χ4v) is 14.9. The summed E-state index contributed by atoms with van der Waals surface area (Å²) in [6.07, 6.45) is 3.48. The number of para-hydroxylation sites is 1. The summed E-state index contributed by atoms with van der Waals surface area (Å²) in [4.78, 5) is 5.38. The number of nitrogens with zero attached hydrogens (tertiary/aromatic N) is 2. The van der Waals surface area contributed by atoms with E-state index in [0.29, 0.717) is 0 Å². The number of fused-ring (bicyclic) bond motifs is 11. The van der Waals surface area contributed by atoms with E-state index in [1.54, 1.807) is 0 Å². The quantitative estimate of drug-likeness (QED) is 0.161. The number of hydrogen-bond donors (Lipinski definition) is 0. The molecule has 8 aromatic rings. The van der Waals surface area contributed by atoms with Gasteiger partial charge < -0.3 is 14.2 Å². The summed E-state index contributed by atoms with van der Waals surface area (Å²) in [7, 11) is 0.